The Morgan fingerprint density at radius 1 is 1.10 bits per heavy atom. The van der Waals surface area contributed by atoms with E-state index >= 15 is 0 Å². The second kappa shape index (κ2) is 10.6. The lowest BCUT2D eigenvalue weighted by molar-refractivity contribution is 0.103. The largest absolute Gasteiger partial charge is 0.481 e. The van der Waals surface area contributed by atoms with Crippen molar-refractivity contribution in [2.75, 3.05) is 19.5 Å². The first-order valence-electron chi connectivity index (χ1n) is 10.5. The zero-order chi connectivity index (χ0) is 22.4. The summed E-state index contributed by atoms with van der Waals surface area (Å²) in [5, 5.41) is 0.248. The number of hydrogen-bond acceptors (Lipinski definition) is 5. The Morgan fingerprint density at radius 3 is 2.33 bits per heavy atom. The number of aromatic nitrogens is 1. The molecule has 0 saturated heterocycles. The minimum absolute atomic E-state index is 0.0877. The van der Waals surface area contributed by atoms with Crippen molar-refractivity contribution in [1.29, 1.82) is 0 Å². The van der Waals surface area contributed by atoms with Gasteiger partial charge in [0, 0.05) is 28.4 Å². The monoisotopic (exact) mass is 445 g/mol. The van der Waals surface area contributed by atoms with Crippen LogP contribution in [0, 0.1) is 0 Å². The molecule has 0 aliphatic carbocycles. The summed E-state index contributed by atoms with van der Waals surface area (Å²) in [6, 6.07) is 11.4. The van der Waals surface area contributed by atoms with Crippen molar-refractivity contribution in [1.82, 2.24) is 4.98 Å². The predicted octanol–water partition coefficient (Wildman–Crippen LogP) is 6.39. The Bertz CT molecular complexity index is 845. The van der Waals surface area contributed by atoms with E-state index in [1.807, 2.05) is 37.3 Å². The lowest BCUT2D eigenvalue weighted by Crippen LogP contribution is -2.41. The van der Waals surface area contributed by atoms with E-state index in [2.05, 4.69) is 38.8 Å². The summed E-state index contributed by atoms with van der Waals surface area (Å²) >= 11 is 1.79. The third kappa shape index (κ3) is 6.43. The van der Waals surface area contributed by atoms with Gasteiger partial charge in [-0.1, -0.05) is 33.8 Å². The molecule has 0 radical (unpaired) electrons. The average molecular weight is 446 g/mol. The molecule has 1 aromatic heterocycles. The zero-order valence-electron chi connectivity index (χ0n) is 19.4. The molecule has 2 aromatic rings. The first-order chi connectivity index (χ1) is 14.1. The number of ether oxygens (including phenoxy) is 1. The highest BCUT2D eigenvalue weighted by Gasteiger charge is 2.36. The smallest absolute Gasteiger partial charge is 0.216 e. The van der Waals surface area contributed by atoms with Gasteiger partial charge >= 0.3 is 0 Å². The average Bonchev–Trinajstić information content (AvgIpc) is 2.72. The van der Waals surface area contributed by atoms with Crippen LogP contribution in [0.25, 0.3) is 0 Å². The minimum atomic E-state index is -1.66. The summed E-state index contributed by atoms with van der Waals surface area (Å²) in [5.74, 6) is 1.44. The Kier molecular flexibility index (Phi) is 8.70. The number of carbonyl (C=O) groups excluding carboxylic acids is 1. The van der Waals surface area contributed by atoms with Crippen molar-refractivity contribution in [2.24, 2.45) is 0 Å². The first-order valence-corrected chi connectivity index (χ1v) is 14.4. The molecule has 164 valence electrons. The lowest BCUT2D eigenvalue weighted by atomic mass is 10.1. The summed E-state index contributed by atoms with van der Waals surface area (Å²) < 4.78 is 11.5. The molecule has 0 amide bonds. The molecule has 0 aliphatic rings. The van der Waals surface area contributed by atoms with Crippen LogP contribution in [-0.4, -0.2) is 38.6 Å². The summed E-state index contributed by atoms with van der Waals surface area (Å²) in [4.78, 5) is 18.3. The molecule has 2 rings (SSSR count). The van der Waals surface area contributed by atoms with Gasteiger partial charge in [0.2, 0.25) is 11.7 Å². The molecule has 1 heterocycles. The third-order valence-corrected chi connectivity index (χ3v) is 11.3. The Morgan fingerprint density at radius 2 is 1.77 bits per heavy atom. The quantitative estimate of drug-likeness (QED) is 0.184. The number of carbonyl (C=O) groups is 1. The van der Waals surface area contributed by atoms with Crippen LogP contribution in [-0.2, 0) is 10.8 Å². The summed E-state index contributed by atoms with van der Waals surface area (Å²) in [5.41, 5.74) is 2.05. The van der Waals surface area contributed by atoms with E-state index < -0.39 is 8.32 Å². The van der Waals surface area contributed by atoms with Crippen LogP contribution in [0.4, 0.5) is 0 Å². The Labute approximate surface area is 186 Å². The summed E-state index contributed by atoms with van der Waals surface area (Å²) in [6.07, 6.45) is 1.84. The molecule has 4 nitrogen and oxygen atoms in total. The summed E-state index contributed by atoms with van der Waals surface area (Å²) in [7, 11) is -0.0788. The van der Waals surface area contributed by atoms with Crippen molar-refractivity contribution in [3.63, 3.8) is 0 Å². The first kappa shape index (κ1) is 24.6. The second-order valence-corrected chi connectivity index (χ2v) is 14.9. The normalized spacial score (nSPS) is 12.1. The van der Waals surface area contributed by atoms with Crippen molar-refractivity contribution in [3.8, 4) is 5.88 Å². The van der Waals surface area contributed by atoms with Gasteiger partial charge < -0.3 is 9.16 Å². The molecule has 0 N–H and O–H groups in total. The van der Waals surface area contributed by atoms with E-state index in [-0.39, 0.29) is 10.8 Å². The molecule has 0 bridgehead atoms. The molecule has 6 heteroatoms. The van der Waals surface area contributed by atoms with Crippen LogP contribution in [0.3, 0.4) is 0 Å². The van der Waals surface area contributed by atoms with Gasteiger partial charge in [-0.25, -0.2) is 4.98 Å². The fraction of sp³-hybridized carbons (Fsp3) is 0.500. The second-order valence-electron chi connectivity index (χ2n) is 8.88. The minimum Gasteiger partial charge on any atom is -0.481 e. The predicted molar refractivity (Wildman–Crippen MR) is 129 cm³/mol. The number of aryl methyl sites for hydroxylation is 1. The van der Waals surface area contributed by atoms with Gasteiger partial charge in [0.05, 0.1) is 7.11 Å². The van der Waals surface area contributed by atoms with Crippen LogP contribution in [0.2, 0.25) is 18.1 Å². The third-order valence-electron chi connectivity index (χ3n) is 5.69. The topological polar surface area (TPSA) is 48.4 Å². The maximum atomic E-state index is 12.8. The molecule has 0 fully saturated rings. The van der Waals surface area contributed by atoms with Crippen molar-refractivity contribution < 1.29 is 14.0 Å². The highest BCUT2D eigenvalue weighted by atomic mass is 32.2. The van der Waals surface area contributed by atoms with Crippen molar-refractivity contribution in [2.45, 2.75) is 63.6 Å². The zero-order valence-corrected chi connectivity index (χ0v) is 21.2. The van der Waals surface area contributed by atoms with Crippen LogP contribution >= 0.6 is 11.8 Å². The maximum absolute atomic E-state index is 12.8. The van der Waals surface area contributed by atoms with Gasteiger partial charge in [-0.05, 0) is 61.3 Å². The Balaban J connectivity index is 1.89. The number of benzene rings is 1. The fourth-order valence-electron chi connectivity index (χ4n) is 2.68. The van der Waals surface area contributed by atoms with E-state index in [0.717, 1.165) is 35.7 Å². The highest BCUT2D eigenvalue weighted by Crippen LogP contribution is 2.36. The number of rotatable bonds is 10. The van der Waals surface area contributed by atoms with Gasteiger partial charge in [-0.2, -0.15) is 0 Å². The number of ketones is 1. The SMILES string of the molecule is CCc1ccc(C(=O)c2ccc(SCCCO[Si](C)(C)C(C)(C)C)cc2)nc1OC. The van der Waals surface area contributed by atoms with Crippen LogP contribution in [0.5, 0.6) is 5.88 Å². The molecular weight excluding hydrogens is 410 g/mol. The summed E-state index contributed by atoms with van der Waals surface area (Å²) in [6.45, 7) is 14.2. The van der Waals surface area contributed by atoms with E-state index in [0.29, 0.717) is 17.1 Å². The van der Waals surface area contributed by atoms with Crippen molar-refractivity contribution >= 4 is 25.9 Å². The van der Waals surface area contributed by atoms with Gasteiger partial charge in [0.25, 0.3) is 0 Å². The number of nitrogens with zero attached hydrogens (tertiary/aromatic N) is 1. The number of methoxy groups -OCH3 is 1. The fourth-order valence-corrected chi connectivity index (χ4v) is 4.60. The molecule has 1 aromatic carbocycles. The lowest BCUT2D eigenvalue weighted by Gasteiger charge is -2.36. The van der Waals surface area contributed by atoms with Crippen LogP contribution < -0.4 is 4.74 Å². The standard InChI is InChI=1S/C24H35NO3SSi/c1-8-18-12-15-21(25-23(18)27-5)22(26)19-10-13-20(14-11-19)29-17-9-16-28-30(6,7)24(2,3)4/h10-15H,8-9,16-17H2,1-7H3. The van der Waals surface area contributed by atoms with Gasteiger partial charge in [-0.15, -0.1) is 11.8 Å². The molecule has 0 aliphatic heterocycles. The molecule has 0 saturated carbocycles. The molecule has 0 spiro atoms. The van der Waals surface area contributed by atoms with E-state index in [1.54, 1.807) is 24.9 Å². The molecule has 30 heavy (non-hydrogen) atoms. The number of thioether (sulfide) groups is 1. The van der Waals surface area contributed by atoms with E-state index in [1.165, 1.54) is 0 Å². The van der Waals surface area contributed by atoms with Gasteiger partial charge in [-0.3, -0.25) is 4.79 Å². The molecular formula is C24H35NO3SSi. The van der Waals surface area contributed by atoms with Gasteiger partial charge in [0.1, 0.15) is 5.69 Å². The molecule has 0 unspecified atom stereocenters. The molecule has 0 atom stereocenters. The van der Waals surface area contributed by atoms with E-state index in [4.69, 9.17) is 9.16 Å². The van der Waals surface area contributed by atoms with E-state index in [9.17, 15) is 4.79 Å². The number of hydrogen-bond donors (Lipinski definition) is 0. The van der Waals surface area contributed by atoms with Crippen LogP contribution in [0.1, 0.15) is 55.7 Å². The van der Waals surface area contributed by atoms with Crippen molar-refractivity contribution in [3.05, 3.63) is 53.2 Å². The highest BCUT2D eigenvalue weighted by molar-refractivity contribution is 7.99. The maximum Gasteiger partial charge on any atom is 0.216 e. The number of pyridine rings is 1. The Hall–Kier alpha value is -1.63. The van der Waals surface area contributed by atoms with Gasteiger partial charge in [0.15, 0.2) is 8.32 Å². The van der Waals surface area contributed by atoms with Crippen LogP contribution in [0.15, 0.2) is 41.3 Å².